The molecule has 0 radical (unpaired) electrons. The van der Waals surface area contributed by atoms with Crippen molar-refractivity contribution in [1.29, 1.82) is 0 Å². The number of nitrogens with zero attached hydrogens (tertiary/aromatic N) is 1. The first-order valence-corrected chi connectivity index (χ1v) is 17.0. The van der Waals surface area contributed by atoms with Gasteiger partial charge >= 0.3 is 0 Å². The van der Waals surface area contributed by atoms with Crippen molar-refractivity contribution in [3.8, 4) is 5.75 Å². The van der Waals surface area contributed by atoms with E-state index in [0.717, 1.165) is 17.1 Å². The topological polar surface area (TPSA) is 132 Å². The van der Waals surface area contributed by atoms with Gasteiger partial charge in [-0.25, -0.2) is 0 Å². The SMILES string of the molecule is CCCCCCCCCc1ccc(OCCOCCOCCOCCNc2cccc3c2C(=O)N(C2CCC(=O)NC2=O)C3=O)cc1. The van der Waals surface area contributed by atoms with Gasteiger partial charge in [-0.15, -0.1) is 0 Å². The third-order valence-corrected chi connectivity index (χ3v) is 8.26. The summed E-state index contributed by atoms with van der Waals surface area (Å²) < 4.78 is 22.5. The lowest BCUT2D eigenvalue weighted by Gasteiger charge is -2.27. The van der Waals surface area contributed by atoms with Crippen molar-refractivity contribution in [2.45, 2.75) is 77.2 Å². The van der Waals surface area contributed by atoms with Gasteiger partial charge in [0.2, 0.25) is 11.8 Å². The summed E-state index contributed by atoms with van der Waals surface area (Å²) in [5.74, 6) is -1.27. The van der Waals surface area contributed by atoms with E-state index in [4.69, 9.17) is 18.9 Å². The lowest BCUT2D eigenvalue weighted by Crippen LogP contribution is -2.54. The number of carbonyl (C=O) groups is 4. The Bertz CT molecular complexity index is 1320. The molecule has 0 saturated carbocycles. The van der Waals surface area contributed by atoms with Crippen LogP contribution in [0.4, 0.5) is 5.69 Å². The highest BCUT2D eigenvalue weighted by atomic mass is 16.6. The zero-order valence-electron chi connectivity index (χ0n) is 27.6. The van der Waals surface area contributed by atoms with E-state index in [1.54, 1.807) is 18.2 Å². The van der Waals surface area contributed by atoms with Gasteiger partial charge in [-0.2, -0.15) is 0 Å². The van der Waals surface area contributed by atoms with Crippen LogP contribution >= 0.6 is 0 Å². The Morgan fingerprint density at radius 2 is 1.43 bits per heavy atom. The molecule has 2 aromatic carbocycles. The van der Waals surface area contributed by atoms with Crippen molar-refractivity contribution in [3.05, 3.63) is 59.2 Å². The lowest BCUT2D eigenvalue weighted by atomic mass is 10.0. The fourth-order valence-electron chi connectivity index (χ4n) is 5.72. The number of hydrogen-bond donors (Lipinski definition) is 2. The first-order chi connectivity index (χ1) is 23.0. The molecule has 4 amide bonds. The van der Waals surface area contributed by atoms with Gasteiger partial charge in [0.05, 0.1) is 50.8 Å². The molecule has 11 nitrogen and oxygen atoms in total. The largest absolute Gasteiger partial charge is 0.491 e. The fraction of sp³-hybridized carbons (Fsp3) is 0.556. The number of piperidine rings is 1. The molecular weight excluding hydrogens is 602 g/mol. The molecule has 1 atom stereocenters. The van der Waals surface area contributed by atoms with Gasteiger partial charge < -0.3 is 24.3 Å². The summed E-state index contributed by atoms with van der Waals surface area (Å²) in [5.41, 5.74) is 2.30. The Morgan fingerprint density at radius 1 is 0.766 bits per heavy atom. The Kier molecular flexibility index (Phi) is 15.2. The summed E-state index contributed by atoms with van der Waals surface area (Å²) in [6.45, 7) is 5.70. The summed E-state index contributed by atoms with van der Waals surface area (Å²) in [5, 5.41) is 5.35. The molecule has 47 heavy (non-hydrogen) atoms. The minimum absolute atomic E-state index is 0.0762. The molecule has 2 N–H and O–H groups in total. The van der Waals surface area contributed by atoms with Crippen LogP contribution in [0.15, 0.2) is 42.5 Å². The average molecular weight is 652 g/mol. The fourth-order valence-corrected chi connectivity index (χ4v) is 5.72. The smallest absolute Gasteiger partial charge is 0.264 e. The second kappa shape index (κ2) is 19.8. The summed E-state index contributed by atoms with van der Waals surface area (Å²) in [7, 11) is 0. The molecule has 2 aromatic rings. The van der Waals surface area contributed by atoms with Gasteiger partial charge in [0.25, 0.3) is 11.8 Å². The molecule has 1 fully saturated rings. The average Bonchev–Trinajstić information content (AvgIpc) is 3.33. The van der Waals surface area contributed by atoms with E-state index in [1.807, 2.05) is 12.1 Å². The summed E-state index contributed by atoms with van der Waals surface area (Å²) in [6, 6.07) is 12.3. The zero-order chi connectivity index (χ0) is 33.3. The number of nitrogens with one attached hydrogen (secondary N) is 2. The van der Waals surface area contributed by atoms with Crippen LogP contribution in [0.1, 0.15) is 91.0 Å². The normalized spacial score (nSPS) is 16.0. The van der Waals surface area contributed by atoms with E-state index >= 15 is 0 Å². The van der Waals surface area contributed by atoms with Gasteiger partial charge in [-0.1, -0.05) is 63.6 Å². The highest BCUT2D eigenvalue weighted by molar-refractivity contribution is 6.25. The number of carbonyl (C=O) groups excluding carboxylic acids is 4. The molecule has 2 heterocycles. The third-order valence-electron chi connectivity index (χ3n) is 8.26. The van der Waals surface area contributed by atoms with Gasteiger partial charge in [-0.05, 0) is 49.1 Å². The number of hydrogen-bond acceptors (Lipinski definition) is 9. The second-order valence-corrected chi connectivity index (χ2v) is 11.8. The molecule has 0 bridgehead atoms. The van der Waals surface area contributed by atoms with Gasteiger partial charge in [0.15, 0.2) is 0 Å². The standard InChI is InChI=1S/C36H49N3O8/c1-2-3-4-5-6-7-8-10-27-13-15-28(16-14-27)47-26-25-46-24-23-45-22-21-44-20-19-37-30-12-9-11-29-33(30)36(43)39(35(29)42)31-17-18-32(40)38-34(31)41/h9,11-16,31,37H,2-8,10,17-26H2,1H3,(H,38,40,41). The lowest BCUT2D eigenvalue weighted by molar-refractivity contribution is -0.136. The van der Waals surface area contributed by atoms with Gasteiger partial charge in [0.1, 0.15) is 18.4 Å². The van der Waals surface area contributed by atoms with Gasteiger partial charge in [-0.3, -0.25) is 29.4 Å². The van der Waals surface area contributed by atoms with Crippen LogP contribution in [0.2, 0.25) is 0 Å². The molecule has 1 saturated heterocycles. The van der Waals surface area contributed by atoms with Crippen molar-refractivity contribution >= 4 is 29.3 Å². The maximum Gasteiger partial charge on any atom is 0.264 e. The third kappa shape index (κ3) is 11.2. The number of anilines is 1. The monoisotopic (exact) mass is 651 g/mol. The number of imide groups is 2. The Morgan fingerprint density at radius 3 is 2.13 bits per heavy atom. The maximum absolute atomic E-state index is 13.1. The predicted octanol–water partition coefficient (Wildman–Crippen LogP) is 4.92. The van der Waals surface area contributed by atoms with Crippen molar-refractivity contribution in [2.24, 2.45) is 0 Å². The van der Waals surface area contributed by atoms with Crippen molar-refractivity contribution in [3.63, 3.8) is 0 Å². The van der Waals surface area contributed by atoms with Crippen LogP contribution in [0, 0.1) is 0 Å². The van der Waals surface area contributed by atoms with E-state index in [2.05, 4.69) is 29.7 Å². The van der Waals surface area contributed by atoms with Crippen LogP contribution in [-0.2, 0) is 30.2 Å². The Hall–Kier alpha value is -3.80. The summed E-state index contributed by atoms with van der Waals surface area (Å²) in [4.78, 5) is 50.8. The number of aryl methyl sites for hydroxylation is 1. The van der Waals surface area contributed by atoms with E-state index in [0.29, 0.717) is 58.5 Å². The molecule has 0 spiro atoms. The van der Waals surface area contributed by atoms with E-state index in [9.17, 15) is 19.2 Å². The molecule has 256 valence electrons. The quantitative estimate of drug-likeness (QED) is 0.127. The second-order valence-electron chi connectivity index (χ2n) is 11.8. The van der Waals surface area contributed by atoms with Crippen LogP contribution < -0.4 is 15.4 Å². The van der Waals surface area contributed by atoms with Gasteiger partial charge in [0, 0.05) is 18.7 Å². The molecule has 0 aromatic heterocycles. The summed E-state index contributed by atoms with van der Waals surface area (Å²) in [6.07, 6.45) is 10.6. The Labute approximate surface area is 277 Å². The highest BCUT2D eigenvalue weighted by Crippen LogP contribution is 2.32. The Balaban J connectivity index is 0.995. The first-order valence-electron chi connectivity index (χ1n) is 17.0. The van der Waals surface area contributed by atoms with Crippen molar-refractivity contribution in [2.75, 3.05) is 58.1 Å². The van der Waals surface area contributed by atoms with E-state index in [-0.39, 0.29) is 24.0 Å². The maximum atomic E-state index is 13.1. The minimum atomic E-state index is -0.998. The molecule has 4 rings (SSSR count). The summed E-state index contributed by atoms with van der Waals surface area (Å²) >= 11 is 0. The van der Waals surface area contributed by atoms with Crippen LogP contribution in [0.25, 0.3) is 0 Å². The highest BCUT2D eigenvalue weighted by Gasteiger charge is 2.45. The number of rotatable bonds is 23. The van der Waals surface area contributed by atoms with E-state index in [1.165, 1.54) is 50.5 Å². The number of fused-ring (bicyclic) bond motifs is 1. The van der Waals surface area contributed by atoms with Crippen LogP contribution in [0.5, 0.6) is 5.75 Å². The minimum Gasteiger partial charge on any atom is -0.491 e. The molecule has 2 aliphatic rings. The van der Waals surface area contributed by atoms with E-state index < -0.39 is 29.7 Å². The van der Waals surface area contributed by atoms with Crippen molar-refractivity contribution < 1.29 is 38.1 Å². The predicted molar refractivity (Wildman–Crippen MR) is 178 cm³/mol. The number of unbranched alkanes of at least 4 members (excludes halogenated alkanes) is 6. The first kappa shape index (κ1) is 36.0. The van der Waals surface area contributed by atoms with Crippen LogP contribution in [-0.4, -0.2) is 87.4 Å². The molecule has 2 aliphatic heterocycles. The zero-order valence-corrected chi connectivity index (χ0v) is 27.6. The van der Waals surface area contributed by atoms with Crippen LogP contribution in [0.3, 0.4) is 0 Å². The molecular formula is C36H49N3O8. The number of amides is 4. The number of ether oxygens (including phenoxy) is 4. The number of benzene rings is 2. The molecule has 1 unspecified atom stereocenters. The molecule has 0 aliphatic carbocycles. The molecule has 11 heteroatoms. The van der Waals surface area contributed by atoms with Crippen molar-refractivity contribution in [1.82, 2.24) is 10.2 Å².